The van der Waals surface area contributed by atoms with Crippen molar-refractivity contribution in [1.82, 2.24) is 15.8 Å². The number of nitrogens with one attached hydrogen (secondary N) is 3. The molecule has 0 aromatic carbocycles. The summed E-state index contributed by atoms with van der Waals surface area (Å²) < 4.78 is 0.788. The first-order valence-corrected chi connectivity index (χ1v) is 6.55. The van der Waals surface area contributed by atoms with Crippen molar-refractivity contribution < 1.29 is 9.59 Å². The molecule has 1 unspecified atom stereocenters. The number of carbonyl (C=O) groups is 2. The number of allylic oxidation sites excluding steroid dienone is 2. The van der Waals surface area contributed by atoms with Crippen molar-refractivity contribution in [2.75, 3.05) is 0 Å². The molecule has 0 saturated carbocycles. The second kappa shape index (κ2) is 5.86. The van der Waals surface area contributed by atoms with E-state index in [1.165, 1.54) is 0 Å². The number of aromatic nitrogens is 1. The highest BCUT2D eigenvalue weighted by molar-refractivity contribution is 9.10. The first-order chi connectivity index (χ1) is 8.66. The minimum atomic E-state index is -0.361. The van der Waals surface area contributed by atoms with Crippen LogP contribution in [0.15, 0.2) is 28.9 Å². The molecule has 1 heterocycles. The van der Waals surface area contributed by atoms with Gasteiger partial charge in [-0.1, -0.05) is 12.2 Å². The van der Waals surface area contributed by atoms with Gasteiger partial charge in [0, 0.05) is 16.6 Å². The molecule has 18 heavy (non-hydrogen) atoms. The molecule has 0 aliphatic heterocycles. The molecule has 0 spiro atoms. The zero-order valence-corrected chi connectivity index (χ0v) is 11.3. The number of hydrogen-bond acceptors (Lipinski definition) is 2. The molecule has 0 saturated heterocycles. The minimum Gasteiger partial charge on any atom is -0.356 e. The van der Waals surface area contributed by atoms with E-state index < -0.39 is 0 Å². The molecule has 1 aromatic heterocycles. The van der Waals surface area contributed by atoms with Gasteiger partial charge in [-0.15, -0.1) is 0 Å². The standard InChI is InChI=1S/C12H14BrN3O2/c13-9-6-10(14-7-9)12(18)16-15-11(17)8-4-2-1-3-5-8/h1-2,6-8,14H,3-5H2,(H,15,17)(H,16,18). The monoisotopic (exact) mass is 311 g/mol. The molecule has 5 nitrogen and oxygen atoms in total. The summed E-state index contributed by atoms with van der Waals surface area (Å²) in [4.78, 5) is 26.2. The Morgan fingerprint density at radius 1 is 1.33 bits per heavy atom. The molecular formula is C12H14BrN3O2. The molecule has 2 amide bonds. The summed E-state index contributed by atoms with van der Waals surface area (Å²) in [6.45, 7) is 0. The molecule has 1 aliphatic rings. The van der Waals surface area contributed by atoms with E-state index in [0.29, 0.717) is 5.69 Å². The number of aromatic amines is 1. The van der Waals surface area contributed by atoms with Crippen LogP contribution in [0.5, 0.6) is 0 Å². The van der Waals surface area contributed by atoms with Crippen LogP contribution in [0.1, 0.15) is 29.8 Å². The molecule has 1 atom stereocenters. The summed E-state index contributed by atoms with van der Waals surface area (Å²) in [6, 6.07) is 1.64. The van der Waals surface area contributed by atoms with Crippen molar-refractivity contribution in [3.8, 4) is 0 Å². The topological polar surface area (TPSA) is 74.0 Å². The van der Waals surface area contributed by atoms with Crippen LogP contribution in [0.25, 0.3) is 0 Å². The van der Waals surface area contributed by atoms with Crippen molar-refractivity contribution >= 4 is 27.7 Å². The maximum absolute atomic E-state index is 11.8. The van der Waals surface area contributed by atoms with Gasteiger partial charge in [0.2, 0.25) is 5.91 Å². The third kappa shape index (κ3) is 3.22. The predicted molar refractivity (Wildman–Crippen MR) is 70.6 cm³/mol. The average molecular weight is 312 g/mol. The molecule has 3 N–H and O–H groups in total. The molecule has 1 aromatic rings. The predicted octanol–water partition coefficient (Wildman–Crippen LogP) is 1.89. The molecule has 96 valence electrons. The Kier molecular flexibility index (Phi) is 4.19. The third-order valence-electron chi connectivity index (χ3n) is 2.83. The summed E-state index contributed by atoms with van der Waals surface area (Å²) in [6.07, 6.45) is 8.19. The normalized spacial score (nSPS) is 18.4. The Morgan fingerprint density at radius 2 is 2.17 bits per heavy atom. The highest BCUT2D eigenvalue weighted by Gasteiger charge is 2.19. The van der Waals surface area contributed by atoms with Crippen LogP contribution in [-0.2, 0) is 4.79 Å². The number of carbonyl (C=O) groups excluding carboxylic acids is 2. The highest BCUT2D eigenvalue weighted by atomic mass is 79.9. The molecule has 1 aliphatic carbocycles. The van der Waals surface area contributed by atoms with E-state index in [1.54, 1.807) is 12.3 Å². The summed E-state index contributed by atoms with van der Waals surface area (Å²) in [7, 11) is 0. The van der Waals surface area contributed by atoms with Crippen molar-refractivity contribution in [3.63, 3.8) is 0 Å². The van der Waals surface area contributed by atoms with Gasteiger partial charge in [-0.05, 0) is 41.3 Å². The number of amides is 2. The van der Waals surface area contributed by atoms with Crippen LogP contribution in [0.4, 0.5) is 0 Å². The summed E-state index contributed by atoms with van der Waals surface area (Å²) in [5.74, 6) is -0.551. The quantitative estimate of drug-likeness (QED) is 0.576. The van der Waals surface area contributed by atoms with Crippen molar-refractivity contribution in [2.45, 2.75) is 19.3 Å². The number of hydrogen-bond donors (Lipinski definition) is 3. The molecule has 2 rings (SSSR count). The lowest BCUT2D eigenvalue weighted by molar-refractivity contribution is -0.126. The van der Waals surface area contributed by atoms with Crippen molar-refractivity contribution in [3.05, 3.63) is 34.6 Å². The van der Waals surface area contributed by atoms with Crippen LogP contribution in [-0.4, -0.2) is 16.8 Å². The zero-order valence-electron chi connectivity index (χ0n) is 9.70. The van der Waals surface area contributed by atoms with Gasteiger partial charge in [-0.2, -0.15) is 0 Å². The lowest BCUT2D eigenvalue weighted by atomic mass is 9.94. The van der Waals surface area contributed by atoms with Crippen molar-refractivity contribution in [1.29, 1.82) is 0 Å². The summed E-state index contributed by atoms with van der Waals surface area (Å²) in [5.41, 5.74) is 5.24. The zero-order chi connectivity index (χ0) is 13.0. The van der Waals surface area contributed by atoms with E-state index in [0.717, 1.165) is 23.7 Å². The van der Waals surface area contributed by atoms with Gasteiger partial charge in [0.15, 0.2) is 0 Å². The Morgan fingerprint density at radius 3 is 2.78 bits per heavy atom. The van der Waals surface area contributed by atoms with Gasteiger partial charge < -0.3 is 4.98 Å². The Bertz CT molecular complexity index is 481. The first kappa shape index (κ1) is 12.9. The highest BCUT2D eigenvalue weighted by Crippen LogP contribution is 2.17. The fourth-order valence-corrected chi connectivity index (χ4v) is 2.16. The van der Waals surface area contributed by atoms with Crippen LogP contribution >= 0.6 is 15.9 Å². The number of H-pyrrole nitrogens is 1. The molecule has 0 bridgehead atoms. The minimum absolute atomic E-state index is 0.0503. The van der Waals surface area contributed by atoms with Crippen LogP contribution in [0.3, 0.4) is 0 Å². The maximum Gasteiger partial charge on any atom is 0.286 e. The number of halogens is 1. The van der Waals surface area contributed by atoms with E-state index >= 15 is 0 Å². The molecule has 0 radical (unpaired) electrons. The second-order valence-corrected chi connectivity index (χ2v) is 5.07. The first-order valence-electron chi connectivity index (χ1n) is 5.76. The second-order valence-electron chi connectivity index (χ2n) is 4.16. The van der Waals surface area contributed by atoms with E-state index in [9.17, 15) is 9.59 Å². The van der Waals surface area contributed by atoms with Gasteiger partial charge in [0.05, 0.1) is 0 Å². The van der Waals surface area contributed by atoms with Gasteiger partial charge in [0.1, 0.15) is 5.69 Å². The SMILES string of the molecule is O=C(NNC(=O)C1CC=CCC1)c1cc(Br)c[nH]1. The largest absolute Gasteiger partial charge is 0.356 e. The van der Waals surface area contributed by atoms with Crippen molar-refractivity contribution in [2.24, 2.45) is 5.92 Å². The molecule has 0 fully saturated rings. The Hall–Kier alpha value is -1.56. The lowest BCUT2D eigenvalue weighted by Gasteiger charge is -2.17. The summed E-state index contributed by atoms with van der Waals surface area (Å²) >= 11 is 3.24. The maximum atomic E-state index is 11.8. The van der Waals surface area contributed by atoms with Gasteiger partial charge >= 0.3 is 0 Å². The van der Waals surface area contributed by atoms with E-state index in [-0.39, 0.29) is 17.7 Å². The fraction of sp³-hybridized carbons (Fsp3) is 0.333. The van der Waals surface area contributed by atoms with E-state index in [1.807, 2.05) is 6.08 Å². The fourth-order valence-electron chi connectivity index (χ4n) is 1.82. The van der Waals surface area contributed by atoms with E-state index in [4.69, 9.17) is 0 Å². The number of rotatable bonds is 2. The van der Waals surface area contributed by atoms with E-state index in [2.05, 4.69) is 37.8 Å². The number of hydrazine groups is 1. The van der Waals surface area contributed by atoms with Gasteiger partial charge in [0.25, 0.3) is 5.91 Å². The molecule has 6 heteroatoms. The van der Waals surface area contributed by atoms with Crippen LogP contribution in [0.2, 0.25) is 0 Å². The van der Waals surface area contributed by atoms with Gasteiger partial charge in [-0.3, -0.25) is 20.4 Å². The Balaban J connectivity index is 1.82. The smallest absolute Gasteiger partial charge is 0.286 e. The Labute approximate surface area is 113 Å². The lowest BCUT2D eigenvalue weighted by Crippen LogP contribution is -2.44. The van der Waals surface area contributed by atoms with Crippen LogP contribution in [0, 0.1) is 5.92 Å². The third-order valence-corrected chi connectivity index (χ3v) is 3.29. The molecular weight excluding hydrogens is 298 g/mol. The summed E-state index contributed by atoms with van der Waals surface area (Å²) in [5, 5.41) is 0. The van der Waals surface area contributed by atoms with Crippen LogP contribution < -0.4 is 10.9 Å². The van der Waals surface area contributed by atoms with Gasteiger partial charge in [-0.25, -0.2) is 0 Å². The average Bonchev–Trinajstić information content (AvgIpc) is 2.83.